The molecule has 0 saturated heterocycles. The highest BCUT2D eigenvalue weighted by atomic mass is 15.4. The van der Waals surface area contributed by atoms with Crippen molar-refractivity contribution in [2.75, 3.05) is 5.73 Å². The van der Waals surface area contributed by atoms with Gasteiger partial charge in [0.2, 0.25) is 0 Å². The maximum absolute atomic E-state index is 6.01. The van der Waals surface area contributed by atoms with Crippen molar-refractivity contribution in [1.29, 1.82) is 0 Å². The van der Waals surface area contributed by atoms with E-state index in [2.05, 4.69) is 42.6 Å². The van der Waals surface area contributed by atoms with Gasteiger partial charge < -0.3 is 5.73 Å². The lowest BCUT2D eigenvalue weighted by Gasteiger charge is -2.16. The molecule has 0 radical (unpaired) electrons. The summed E-state index contributed by atoms with van der Waals surface area (Å²) in [4.78, 5) is 0. The van der Waals surface area contributed by atoms with Gasteiger partial charge in [0, 0.05) is 5.41 Å². The minimum atomic E-state index is -0.0231. The Bertz CT molecular complexity index is 582. The van der Waals surface area contributed by atoms with E-state index in [4.69, 9.17) is 10.8 Å². The molecule has 1 atom stereocenters. The second-order valence-electron chi connectivity index (χ2n) is 6.46. The molecule has 0 aliphatic heterocycles. The maximum Gasteiger partial charge on any atom is 0.182 e. The third-order valence-electron chi connectivity index (χ3n) is 3.84. The average Bonchev–Trinajstić information content (AvgIpc) is 2.94. The summed E-state index contributed by atoms with van der Waals surface area (Å²) in [5, 5.41) is 13.0. The lowest BCUT2D eigenvalue weighted by Crippen LogP contribution is -2.15. The zero-order valence-electron chi connectivity index (χ0n) is 11.5. The molecule has 18 heavy (non-hydrogen) atoms. The number of nitrogen functional groups attached to an aromatic ring is 1. The van der Waals surface area contributed by atoms with Gasteiger partial charge >= 0.3 is 0 Å². The van der Waals surface area contributed by atoms with Crippen molar-refractivity contribution in [3.8, 4) is 0 Å². The Morgan fingerprint density at radius 1 is 1.39 bits per heavy atom. The van der Waals surface area contributed by atoms with E-state index in [1.165, 1.54) is 12.8 Å². The van der Waals surface area contributed by atoms with E-state index in [0.29, 0.717) is 11.9 Å². The van der Waals surface area contributed by atoms with Gasteiger partial charge in [0.15, 0.2) is 5.65 Å². The van der Waals surface area contributed by atoms with Crippen molar-refractivity contribution in [2.24, 2.45) is 5.92 Å². The fourth-order valence-electron chi connectivity index (χ4n) is 2.54. The molecule has 1 fully saturated rings. The summed E-state index contributed by atoms with van der Waals surface area (Å²) in [6.07, 6.45) is 2.60. The van der Waals surface area contributed by atoms with Crippen LogP contribution in [0.25, 0.3) is 11.0 Å². The fourth-order valence-corrected chi connectivity index (χ4v) is 2.54. The highest BCUT2D eigenvalue weighted by Gasteiger charge is 2.33. The molecule has 3 N–H and O–H groups in total. The average molecular weight is 247 g/mol. The lowest BCUT2D eigenvalue weighted by molar-refractivity contribution is 0.434. The number of nitrogens with two attached hydrogens (primary N) is 1. The van der Waals surface area contributed by atoms with Gasteiger partial charge in [0.1, 0.15) is 5.82 Å². The fraction of sp³-hybridized carbons (Fsp3) is 0.692. The molecular weight excluding hydrogens is 226 g/mol. The molecule has 1 unspecified atom stereocenters. The first kappa shape index (κ1) is 11.6. The van der Waals surface area contributed by atoms with Crippen LogP contribution in [0.3, 0.4) is 0 Å². The molecule has 5 nitrogen and oxygen atoms in total. The number of hydrogen-bond donors (Lipinski definition) is 2. The summed E-state index contributed by atoms with van der Waals surface area (Å²) in [5.41, 5.74) is 7.92. The molecule has 0 spiro atoms. The Morgan fingerprint density at radius 2 is 2.06 bits per heavy atom. The van der Waals surface area contributed by atoms with E-state index in [1.807, 2.05) is 0 Å². The molecule has 1 saturated carbocycles. The largest absolute Gasteiger partial charge is 0.383 e. The third kappa shape index (κ3) is 1.61. The quantitative estimate of drug-likeness (QED) is 0.856. The molecule has 1 aliphatic rings. The molecule has 2 heterocycles. The molecule has 3 rings (SSSR count). The van der Waals surface area contributed by atoms with Gasteiger partial charge in [-0.15, -0.1) is 0 Å². The van der Waals surface area contributed by atoms with E-state index >= 15 is 0 Å². The number of hydrogen-bond acceptors (Lipinski definition) is 3. The van der Waals surface area contributed by atoms with Gasteiger partial charge in [0.05, 0.1) is 17.1 Å². The van der Waals surface area contributed by atoms with Crippen molar-refractivity contribution < 1.29 is 0 Å². The zero-order chi connectivity index (χ0) is 13.1. The van der Waals surface area contributed by atoms with Crippen molar-refractivity contribution in [3.05, 3.63) is 5.69 Å². The van der Waals surface area contributed by atoms with E-state index in [0.717, 1.165) is 22.6 Å². The second kappa shape index (κ2) is 3.49. The molecule has 1 aliphatic carbocycles. The standard InChI is InChI=1S/C13H21N5/c1-7(8-5-6-8)18-12-9(11(14)15-16-12)10(17-18)13(2,3)4/h7-8H,5-6H2,1-4H3,(H3,14,15,16). The highest BCUT2D eigenvalue weighted by Crippen LogP contribution is 2.41. The van der Waals surface area contributed by atoms with Crippen LogP contribution in [0.2, 0.25) is 0 Å². The first-order chi connectivity index (χ1) is 8.39. The lowest BCUT2D eigenvalue weighted by atomic mass is 9.91. The topological polar surface area (TPSA) is 72.5 Å². The number of anilines is 1. The van der Waals surface area contributed by atoms with Crippen LogP contribution in [0.1, 0.15) is 52.3 Å². The summed E-state index contributed by atoms with van der Waals surface area (Å²) >= 11 is 0. The number of aromatic nitrogens is 4. The minimum absolute atomic E-state index is 0.0231. The van der Waals surface area contributed by atoms with Crippen LogP contribution in [0, 0.1) is 5.92 Å². The van der Waals surface area contributed by atoms with E-state index in [-0.39, 0.29) is 5.41 Å². The van der Waals surface area contributed by atoms with Crippen LogP contribution < -0.4 is 5.73 Å². The molecule has 0 amide bonds. The van der Waals surface area contributed by atoms with Gasteiger partial charge in [-0.3, -0.25) is 5.10 Å². The molecule has 98 valence electrons. The van der Waals surface area contributed by atoms with Gasteiger partial charge in [0.25, 0.3) is 0 Å². The number of rotatable bonds is 2. The summed E-state index contributed by atoms with van der Waals surface area (Å²) < 4.78 is 2.06. The van der Waals surface area contributed by atoms with E-state index in [9.17, 15) is 0 Å². The van der Waals surface area contributed by atoms with Crippen molar-refractivity contribution >= 4 is 16.9 Å². The number of aromatic amines is 1. The molecule has 0 aromatic carbocycles. The Morgan fingerprint density at radius 3 is 2.61 bits per heavy atom. The molecule has 5 heteroatoms. The summed E-state index contributed by atoms with van der Waals surface area (Å²) in [7, 11) is 0. The summed E-state index contributed by atoms with van der Waals surface area (Å²) in [6.45, 7) is 8.70. The van der Waals surface area contributed by atoms with Gasteiger partial charge in [-0.2, -0.15) is 10.2 Å². The van der Waals surface area contributed by atoms with Gasteiger partial charge in [-0.25, -0.2) is 4.68 Å². The molecule has 0 bridgehead atoms. The number of fused-ring (bicyclic) bond motifs is 1. The number of H-pyrrole nitrogens is 1. The van der Waals surface area contributed by atoms with Crippen LogP contribution >= 0.6 is 0 Å². The van der Waals surface area contributed by atoms with Crippen LogP contribution in [0.5, 0.6) is 0 Å². The number of nitrogens with one attached hydrogen (secondary N) is 1. The predicted octanol–water partition coefficient (Wildman–Crippen LogP) is 2.61. The Balaban J connectivity index is 2.21. The summed E-state index contributed by atoms with van der Waals surface area (Å²) in [5.74, 6) is 1.38. The zero-order valence-corrected chi connectivity index (χ0v) is 11.5. The van der Waals surface area contributed by atoms with Crippen LogP contribution in [0.15, 0.2) is 0 Å². The Hall–Kier alpha value is -1.52. The normalized spacial score (nSPS) is 18.4. The van der Waals surface area contributed by atoms with Crippen LogP contribution in [-0.4, -0.2) is 20.0 Å². The van der Waals surface area contributed by atoms with Crippen molar-refractivity contribution in [1.82, 2.24) is 20.0 Å². The van der Waals surface area contributed by atoms with Crippen LogP contribution in [-0.2, 0) is 5.41 Å². The first-order valence-corrected chi connectivity index (χ1v) is 6.62. The predicted molar refractivity (Wildman–Crippen MR) is 72.4 cm³/mol. The van der Waals surface area contributed by atoms with Gasteiger partial charge in [-0.1, -0.05) is 20.8 Å². The molecular formula is C13H21N5. The minimum Gasteiger partial charge on any atom is -0.383 e. The monoisotopic (exact) mass is 247 g/mol. The Labute approximate surface area is 107 Å². The molecule has 2 aromatic heterocycles. The van der Waals surface area contributed by atoms with Crippen LogP contribution in [0.4, 0.5) is 5.82 Å². The van der Waals surface area contributed by atoms with Crippen molar-refractivity contribution in [3.63, 3.8) is 0 Å². The second-order valence-corrected chi connectivity index (χ2v) is 6.46. The van der Waals surface area contributed by atoms with Gasteiger partial charge in [-0.05, 0) is 25.7 Å². The SMILES string of the molecule is CC(C1CC1)n1nc(C(C)(C)C)c2c(N)[nH]nc21. The Kier molecular flexibility index (Phi) is 2.24. The summed E-state index contributed by atoms with van der Waals surface area (Å²) in [6, 6.07) is 0.409. The maximum atomic E-state index is 6.01. The third-order valence-corrected chi connectivity index (χ3v) is 3.84. The smallest absolute Gasteiger partial charge is 0.182 e. The van der Waals surface area contributed by atoms with Crippen molar-refractivity contribution in [2.45, 2.75) is 52.0 Å². The van der Waals surface area contributed by atoms with E-state index in [1.54, 1.807) is 0 Å². The first-order valence-electron chi connectivity index (χ1n) is 6.62. The molecule has 2 aromatic rings. The highest BCUT2D eigenvalue weighted by molar-refractivity contribution is 5.89. The van der Waals surface area contributed by atoms with E-state index < -0.39 is 0 Å². The number of nitrogens with zero attached hydrogens (tertiary/aromatic N) is 3.